The van der Waals surface area contributed by atoms with E-state index in [0.29, 0.717) is 24.5 Å². The molecule has 0 unspecified atom stereocenters. The molecular weight excluding hydrogens is 285 g/mol. The van der Waals surface area contributed by atoms with E-state index in [0.717, 1.165) is 12.1 Å². The molecule has 0 aliphatic rings. The van der Waals surface area contributed by atoms with Gasteiger partial charge in [-0.2, -0.15) is 0 Å². The fourth-order valence-corrected chi connectivity index (χ4v) is 1.84. The SMILES string of the molecule is COCCCNC(=O)c1cc(Nc2ccc(F)cc2)ccn1. The number of carbonyl (C=O) groups is 1. The van der Waals surface area contributed by atoms with E-state index < -0.39 is 0 Å². The number of pyridine rings is 1. The lowest BCUT2D eigenvalue weighted by molar-refractivity contribution is 0.0943. The van der Waals surface area contributed by atoms with Crippen molar-refractivity contribution in [3.63, 3.8) is 0 Å². The molecule has 6 heteroatoms. The largest absolute Gasteiger partial charge is 0.385 e. The lowest BCUT2D eigenvalue weighted by atomic mass is 10.2. The number of nitrogens with zero attached hydrogens (tertiary/aromatic N) is 1. The van der Waals surface area contributed by atoms with Crippen LogP contribution in [0.25, 0.3) is 0 Å². The Labute approximate surface area is 128 Å². The zero-order chi connectivity index (χ0) is 15.8. The minimum atomic E-state index is -0.295. The number of amides is 1. The second-order valence-corrected chi connectivity index (χ2v) is 4.66. The highest BCUT2D eigenvalue weighted by molar-refractivity contribution is 5.93. The zero-order valence-corrected chi connectivity index (χ0v) is 12.3. The van der Waals surface area contributed by atoms with Crippen molar-refractivity contribution in [3.05, 3.63) is 54.1 Å². The summed E-state index contributed by atoms with van der Waals surface area (Å²) in [6, 6.07) is 9.38. The van der Waals surface area contributed by atoms with E-state index in [2.05, 4.69) is 15.6 Å². The number of nitrogens with one attached hydrogen (secondary N) is 2. The van der Waals surface area contributed by atoms with Crippen LogP contribution in [0.1, 0.15) is 16.9 Å². The Kier molecular flexibility index (Phi) is 5.85. The van der Waals surface area contributed by atoms with Crippen LogP contribution in [0.5, 0.6) is 0 Å². The number of hydrogen-bond donors (Lipinski definition) is 2. The number of aromatic nitrogens is 1. The summed E-state index contributed by atoms with van der Waals surface area (Å²) in [6.07, 6.45) is 2.30. The van der Waals surface area contributed by atoms with Crippen molar-refractivity contribution in [2.45, 2.75) is 6.42 Å². The summed E-state index contributed by atoms with van der Waals surface area (Å²) in [5.74, 6) is -0.532. The average molecular weight is 303 g/mol. The summed E-state index contributed by atoms with van der Waals surface area (Å²) in [6.45, 7) is 1.13. The van der Waals surface area contributed by atoms with Crippen molar-refractivity contribution in [3.8, 4) is 0 Å². The van der Waals surface area contributed by atoms with Crippen LogP contribution in [0.2, 0.25) is 0 Å². The van der Waals surface area contributed by atoms with Gasteiger partial charge in [-0.05, 0) is 42.8 Å². The van der Waals surface area contributed by atoms with Crippen LogP contribution >= 0.6 is 0 Å². The van der Waals surface area contributed by atoms with Crippen molar-refractivity contribution in [1.29, 1.82) is 0 Å². The van der Waals surface area contributed by atoms with Gasteiger partial charge in [0.05, 0.1) is 0 Å². The molecule has 0 atom stereocenters. The topological polar surface area (TPSA) is 63.2 Å². The van der Waals surface area contributed by atoms with Gasteiger partial charge in [0.15, 0.2) is 0 Å². The summed E-state index contributed by atoms with van der Waals surface area (Å²) in [4.78, 5) is 16.0. The van der Waals surface area contributed by atoms with Crippen LogP contribution in [0.3, 0.4) is 0 Å². The van der Waals surface area contributed by atoms with E-state index in [1.54, 1.807) is 37.6 Å². The second-order valence-electron chi connectivity index (χ2n) is 4.66. The van der Waals surface area contributed by atoms with Gasteiger partial charge in [-0.15, -0.1) is 0 Å². The molecule has 5 nitrogen and oxygen atoms in total. The van der Waals surface area contributed by atoms with Gasteiger partial charge in [0.2, 0.25) is 0 Å². The molecule has 1 heterocycles. The molecule has 0 fully saturated rings. The first kappa shape index (κ1) is 15.9. The molecule has 0 aliphatic carbocycles. The standard InChI is InChI=1S/C16H18FN3O2/c1-22-10-2-8-19-16(21)15-11-14(7-9-18-15)20-13-5-3-12(17)4-6-13/h3-7,9,11H,2,8,10H2,1H3,(H,18,20)(H,19,21). The fraction of sp³-hybridized carbons (Fsp3) is 0.250. The Balaban J connectivity index is 1.97. The third-order valence-corrected chi connectivity index (χ3v) is 2.94. The van der Waals surface area contributed by atoms with E-state index in [9.17, 15) is 9.18 Å². The number of hydrogen-bond acceptors (Lipinski definition) is 4. The number of rotatable bonds is 7. The van der Waals surface area contributed by atoms with E-state index in [1.807, 2.05) is 0 Å². The molecule has 0 saturated heterocycles. The van der Waals surface area contributed by atoms with Crippen molar-refractivity contribution in [1.82, 2.24) is 10.3 Å². The Bertz CT molecular complexity index is 617. The molecular formula is C16H18FN3O2. The molecule has 0 aliphatic heterocycles. The Morgan fingerprint density at radius 1 is 1.23 bits per heavy atom. The Hall–Kier alpha value is -2.47. The van der Waals surface area contributed by atoms with E-state index in [4.69, 9.17) is 4.74 Å². The summed E-state index contributed by atoms with van der Waals surface area (Å²) >= 11 is 0. The van der Waals surface area contributed by atoms with Gasteiger partial charge >= 0.3 is 0 Å². The third-order valence-electron chi connectivity index (χ3n) is 2.94. The molecule has 1 aromatic carbocycles. The van der Waals surface area contributed by atoms with Crippen molar-refractivity contribution in [2.75, 3.05) is 25.6 Å². The van der Waals surface area contributed by atoms with Crippen LogP contribution in [0, 0.1) is 5.82 Å². The molecule has 0 saturated carbocycles. The van der Waals surface area contributed by atoms with E-state index >= 15 is 0 Å². The molecule has 0 bridgehead atoms. The summed E-state index contributed by atoms with van der Waals surface area (Å²) in [5, 5.41) is 5.87. The van der Waals surface area contributed by atoms with Gasteiger partial charge in [-0.3, -0.25) is 9.78 Å². The van der Waals surface area contributed by atoms with Gasteiger partial charge in [0.1, 0.15) is 11.5 Å². The summed E-state index contributed by atoms with van der Waals surface area (Å²) in [7, 11) is 1.62. The molecule has 2 N–H and O–H groups in total. The Morgan fingerprint density at radius 3 is 2.73 bits per heavy atom. The number of anilines is 2. The van der Waals surface area contributed by atoms with Crippen molar-refractivity contribution < 1.29 is 13.9 Å². The normalized spacial score (nSPS) is 10.3. The van der Waals surface area contributed by atoms with Crippen LogP contribution in [-0.4, -0.2) is 31.2 Å². The highest BCUT2D eigenvalue weighted by Crippen LogP contribution is 2.17. The minimum Gasteiger partial charge on any atom is -0.385 e. The quantitative estimate of drug-likeness (QED) is 0.772. The lowest BCUT2D eigenvalue weighted by Crippen LogP contribution is -2.26. The molecule has 1 amide bonds. The van der Waals surface area contributed by atoms with Crippen LogP contribution in [0.4, 0.5) is 15.8 Å². The smallest absolute Gasteiger partial charge is 0.269 e. The first-order chi connectivity index (χ1) is 10.7. The maximum Gasteiger partial charge on any atom is 0.269 e. The highest BCUT2D eigenvalue weighted by atomic mass is 19.1. The summed E-state index contributed by atoms with van der Waals surface area (Å²) < 4.78 is 17.8. The number of halogens is 1. The molecule has 1 aromatic heterocycles. The molecule has 2 rings (SSSR count). The highest BCUT2D eigenvalue weighted by Gasteiger charge is 2.07. The van der Waals surface area contributed by atoms with Crippen LogP contribution in [-0.2, 0) is 4.74 Å². The minimum absolute atomic E-state index is 0.237. The summed E-state index contributed by atoms with van der Waals surface area (Å²) in [5.41, 5.74) is 1.77. The van der Waals surface area contributed by atoms with Gasteiger partial charge in [-0.25, -0.2) is 4.39 Å². The average Bonchev–Trinajstić information content (AvgIpc) is 2.54. The van der Waals surface area contributed by atoms with Gasteiger partial charge < -0.3 is 15.4 Å². The van der Waals surface area contributed by atoms with Crippen LogP contribution in [0.15, 0.2) is 42.6 Å². The number of carbonyl (C=O) groups excluding carboxylic acids is 1. The predicted molar refractivity (Wildman–Crippen MR) is 82.7 cm³/mol. The maximum atomic E-state index is 12.9. The molecule has 22 heavy (non-hydrogen) atoms. The number of methoxy groups -OCH3 is 1. The van der Waals surface area contributed by atoms with Crippen LogP contribution < -0.4 is 10.6 Å². The van der Waals surface area contributed by atoms with Crippen molar-refractivity contribution >= 4 is 17.3 Å². The molecule has 0 radical (unpaired) electrons. The molecule has 2 aromatic rings. The Morgan fingerprint density at radius 2 is 2.00 bits per heavy atom. The first-order valence-corrected chi connectivity index (χ1v) is 6.95. The zero-order valence-electron chi connectivity index (χ0n) is 12.3. The third kappa shape index (κ3) is 4.82. The fourth-order valence-electron chi connectivity index (χ4n) is 1.84. The monoisotopic (exact) mass is 303 g/mol. The van der Waals surface area contributed by atoms with Gasteiger partial charge in [0, 0.05) is 37.8 Å². The first-order valence-electron chi connectivity index (χ1n) is 6.95. The lowest BCUT2D eigenvalue weighted by Gasteiger charge is -2.08. The number of benzene rings is 1. The molecule has 116 valence electrons. The van der Waals surface area contributed by atoms with Gasteiger partial charge in [-0.1, -0.05) is 0 Å². The second kappa shape index (κ2) is 8.09. The predicted octanol–water partition coefficient (Wildman–Crippen LogP) is 2.73. The van der Waals surface area contributed by atoms with E-state index in [-0.39, 0.29) is 11.7 Å². The maximum absolute atomic E-state index is 12.9. The van der Waals surface area contributed by atoms with E-state index in [1.165, 1.54) is 12.1 Å². The van der Waals surface area contributed by atoms with Gasteiger partial charge in [0.25, 0.3) is 5.91 Å². The van der Waals surface area contributed by atoms with Crippen molar-refractivity contribution in [2.24, 2.45) is 0 Å². The number of ether oxygens (including phenoxy) is 1. The molecule has 0 spiro atoms.